The molecular weight excluding hydrogens is 434 g/mol. The normalized spacial score (nSPS) is 14.0. The number of hydrogen-bond donors (Lipinski definition) is 1. The van der Waals surface area contributed by atoms with Gasteiger partial charge >= 0.3 is 0 Å². The van der Waals surface area contributed by atoms with E-state index in [0.29, 0.717) is 55.8 Å². The molecule has 0 aliphatic carbocycles. The summed E-state index contributed by atoms with van der Waals surface area (Å²) in [5.74, 6) is 0.495. The summed E-state index contributed by atoms with van der Waals surface area (Å²) in [5.41, 5.74) is 1.52. The van der Waals surface area contributed by atoms with Crippen LogP contribution in [-0.2, 0) is 9.53 Å². The second-order valence-electron chi connectivity index (χ2n) is 7.72. The molecule has 0 saturated carbocycles. The van der Waals surface area contributed by atoms with Crippen molar-refractivity contribution in [2.75, 3.05) is 43.1 Å². The molecule has 1 saturated heterocycles. The largest absolute Gasteiger partial charge is 0.494 e. The lowest BCUT2D eigenvalue weighted by Gasteiger charge is -2.29. The van der Waals surface area contributed by atoms with Gasteiger partial charge in [0.25, 0.3) is 11.5 Å². The fraction of sp³-hybridized carbons (Fsp3) is 0.280. The zero-order chi connectivity index (χ0) is 24.1. The molecular formula is C25H25N5O4. The number of benzene rings is 1. The molecule has 1 N–H and O–H groups in total. The van der Waals surface area contributed by atoms with Crippen molar-refractivity contribution in [3.63, 3.8) is 0 Å². The Hall–Kier alpha value is -4.16. The first-order valence-corrected chi connectivity index (χ1v) is 11.0. The summed E-state index contributed by atoms with van der Waals surface area (Å²) in [6.07, 6.45) is 2.95. The first-order valence-electron chi connectivity index (χ1n) is 11.0. The third-order valence-electron chi connectivity index (χ3n) is 5.45. The molecule has 2 aromatic heterocycles. The van der Waals surface area contributed by atoms with E-state index in [1.54, 1.807) is 36.5 Å². The van der Waals surface area contributed by atoms with Crippen LogP contribution in [0.15, 0.2) is 53.0 Å². The summed E-state index contributed by atoms with van der Waals surface area (Å²) in [4.78, 5) is 33.0. The summed E-state index contributed by atoms with van der Waals surface area (Å²) >= 11 is 0. The van der Waals surface area contributed by atoms with Crippen LogP contribution in [0.2, 0.25) is 0 Å². The van der Waals surface area contributed by atoms with E-state index in [0.717, 1.165) is 5.56 Å². The standard InChI is InChI=1S/C25H25N5O4/c1-3-34-20-8-6-19(7-9-20)27-24(31)18(16-26)15-21-23(29-11-13-33-14-12-29)28-22-17(2)5-4-10-30(22)25(21)32/h4-10,15H,3,11-14H2,1-2H3,(H,27,31). The fourth-order valence-electron chi connectivity index (χ4n) is 3.74. The number of nitriles is 1. The van der Waals surface area contributed by atoms with Crippen LogP contribution in [0.5, 0.6) is 5.75 Å². The Labute approximate surface area is 196 Å². The molecule has 3 heterocycles. The van der Waals surface area contributed by atoms with Gasteiger partial charge in [0.05, 0.1) is 25.4 Å². The van der Waals surface area contributed by atoms with E-state index in [2.05, 4.69) is 5.32 Å². The number of hydrogen-bond acceptors (Lipinski definition) is 7. The summed E-state index contributed by atoms with van der Waals surface area (Å²) in [6.45, 7) is 6.41. The number of morpholine rings is 1. The number of nitrogens with one attached hydrogen (secondary N) is 1. The van der Waals surface area contributed by atoms with Gasteiger partial charge in [-0.2, -0.15) is 5.26 Å². The van der Waals surface area contributed by atoms with Crippen LogP contribution in [0.1, 0.15) is 18.1 Å². The Morgan fingerprint density at radius 3 is 2.68 bits per heavy atom. The van der Waals surface area contributed by atoms with Gasteiger partial charge in [0.1, 0.15) is 28.9 Å². The van der Waals surface area contributed by atoms with Gasteiger partial charge in [-0.3, -0.25) is 14.0 Å². The number of anilines is 2. The molecule has 1 aromatic carbocycles. The van der Waals surface area contributed by atoms with Crippen molar-refractivity contribution >= 4 is 29.1 Å². The SMILES string of the molecule is CCOc1ccc(NC(=O)C(C#N)=Cc2c(N3CCOCC3)nc3c(C)cccn3c2=O)cc1. The number of carbonyl (C=O) groups is 1. The Morgan fingerprint density at radius 1 is 1.26 bits per heavy atom. The third-order valence-corrected chi connectivity index (χ3v) is 5.45. The first-order chi connectivity index (χ1) is 16.5. The molecule has 4 rings (SSSR count). The molecule has 3 aromatic rings. The molecule has 0 spiro atoms. The number of carbonyl (C=O) groups excluding carboxylic acids is 1. The van der Waals surface area contributed by atoms with Crippen LogP contribution >= 0.6 is 0 Å². The average Bonchev–Trinajstić information content (AvgIpc) is 2.85. The maximum absolute atomic E-state index is 13.4. The van der Waals surface area contributed by atoms with Gasteiger partial charge in [-0.15, -0.1) is 0 Å². The third kappa shape index (κ3) is 4.77. The van der Waals surface area contributed by atoms with E-state index in [-0.39, 0.29) is 16.7 Å². The Morgan fingerprint density at radius 2 is 2.00 bits per heavy atom. The van der Waals surface area contributed by atoms with Crippen LogP contribution in [0.3, 0.4) is 0 Å². The van der Waals surface area contributed by atoms with Gasteiger partial charge in [-0.25, -0.2) is 4.98 Å². The van der Waals surface area contributed by atoms with Gasteiger partial charge in [0.15, 0.2) is 0 Å². The number of nitrogens with zero attached hydrogens (tertiary/aromatic N) is 4. The number of ether oxygens (including phenoxy) is 2. The van der Waals surface area contributed by atoms with E-state index >= 15 is 0 Å². The second-order valence-corrected chi connectivity index (χ2v) is 7.72. The fourth-order valence-corrected chi connectivity index (χ4v) is 3.74. The molecule has 0 atom stereocenters. The highest BCUT2D eigenvalue weighted by Crippen LogP contribution is 2.22. The summed E-state index contributed by atoms with van der Waals surface area (Å²) in [5, 5.41) is 12.4. The maximum atomic E-state index is 13.4. The molecule has 0 unspecified atom stereocenters. The quantitative estimate of drug-likeness (QED) is 0.446. The summed E-state index contributed by atoms with van der Waals surface area (Å²) < 4.78 is 12.3. The number of aryl methyl sites for hydroxylation is 1. The molecule has 174 valence electrons. The molecule has 1 aliphatic rings. The lowest BCUT2D eigenvalue weighted by molar-refractivity contribution is -0.112. The smallest absolute Gasteiger partial charge is 0.267 e. The number of fused-ring (bicyclic) bond motifs is 1. The van der Waals surface area contributed by atoms with Crippen LogP contribution < -0.4 is 20.5 Å². The van der Waals surface area contributed by atoms with E-state index in [1.165, 1.54) is 10.5 Å². The predicted octanol–water partition coefficient (Wildman–Crippen LogP) is 2.78. The molecule has 34 heavy (non-hydrogen) atoms. The van der Waals surface area contributed by atoms with Crippen molar-refractivity contribution < 1.29 is 14.3 Å². The predicted molar refractivity (Wildman–Crippen MR) is 129 cm³/mol. The Bertz CT molecular complexity index is 1330. The minimum atomic E-state index is -0.617. The van der Waals surface area contributed by atoms with E-state index in [1.807, 2.05) is 30.9 Å². The molecule has 0 bridgehead atoms. The Kier molecular flexibility index (Phi) is 6.90. The lowest BCUT2D eigenvalue weighted by atomic mass is 10.1. The summed E-state index contributed by atoms with van der Waals surface area (Å²) in [7, 11) is 0. The van der Waals surface area contributed by atoms with Gasteiger partial charge in [-0.1, -0.05) is 6.07 Å². The van der Waals surface area contributed by atoms with Gasteiger partial charge in [0.2, 0.25) is 0 Å². The number of aromatic nitrogens is 2. The number of pyridine rings is 1. The highest BCUT2D eigenvalue weighted by molar-refractivity contribution is 6.10. The topological polar surface area (TPSA) is 109 Å². The molecule has 9 nitrogen and oxygen atoms in total. The lowest BCUT2D eigenvalue weighted by Crippen LogP contribution is -2.38. The highest BCUT2D eigenvalue weighted by Gasteiger charge is 2.22. The van der Waals surface area contributed by atoms with Crippen molar-refractivity contribution in [2.24, 2.45) is 0 Å². The zero-order valence-corrected chi connectivity index (χ0v) is 19.1. The molecule has 0 radical (unpaired) electrons. The van der Waals surface area contributed by atoms with Crippen LogP contribution in [-0.4, -0.2) is 48.2 Å². The maximum Gasteiger partial charge on any atom is 0.267 e. The minimum absolute atomic E-state index is 0.184. The van der Waals surface area contributed by atoms with Gasteiger partial charge in [-0.05, 0) is 55.8 Å². The van der Waals surface area contributed by atoms with Crippen molar-refractivity contribution in [3.8, 4) is 11.8 Å². The molecule has 1 fully saturated rings. The monoisotopic (exact) mass is 459 g/mol. The average molecular weight is 460 g/mol. The number of rotatable bonds is 6. The van der Waals surface area contributed by atoms with Crippen LogP contribution in [0.4, 0.5) is 11.5 Å². The van der Waals surface area contributed by atoms with E-state index < -0.39 is 5.91 Å². The van der Waals surface area contributed by atoms with E-state index in [4.69, 9.17) is 14.5 Å². The van der Waals surface area contributed by atoms with Gasteiger partial charge < -0.3 is 19.7 Å². The van der Waals surface area contributed by atoms with Crippen molar-refractivity contribution in [3.05, 3.63) is 69.6 Å². The Balaban J connectivity index is 1.75. The van der Waals surface area contributed by atoms with Crippen molar-refractivity contribution in [1.82, 2.24) is 9.38 Å². The highest BCUT2D eigenvalue weighted by atomic mass is 16.5. The van der Waals surface area contributed by atoms with Gasteiger partial charge in [0, 0.05) is 25.0 Å². The van der Waals surface area contributed by atoms with Crippen LogP contribution in [0, 0.1) is 18.3 Å². The molecule has 1 amide bonds. The second kappa shape index (κ2) is 10.2. The minimum Gasteiger partial charge on any atom is -0.494 e. The summed E-state index contributed by atoms with van der Waals surface area (Å²) in [6, 6.07) is 12.4. The van der Waals surface area contributed by atoms with Crippen LogP contribution in [0.25, 0.3) is 11.7 Å². The molecule has 1 aliphatic heterocycles. The van der Waals surface area contributed by atoms with Crippen molar-refractivity contribution in [1.29, 1.82) is 5.26 Å². The first kappa shape index (κ1) is 23.0. The number of amides is 1. The van der Waals surface area contributed by atoms with Crippen molar-refractivity contribution in [2.45, 2.75) is 13.8 Å². The molecule has 9 heteroatoms. The zero-order valence-electron chi connectivity index (χ0n) is 19.1. The van der Waals surface area contributed by atoms with E-state index in [9.17, 15) is 14.9 Å².